The largest absolute Gasteiger partial charge is 0.371 e. The first kappa shape index (κ1) is 19.2. The van der Waals surface area contributed by atoms with Gasteiger partial charge in [0.05, 0.1) is 10.6 Å². The van der Waals surface area contributed by atoms with E-state index in [0.29, 0.717) is 5.69 Å². The third kappa shape index (κ3) is 4.77. The first-order valence-electron chi connectivity index (χ1n) is 8.80. The van der Waals surface area contributed by atoms with Crippen LogP contribution in [0.25, 0.3) is 0 Å². The lowest BCUT2D eigenvalue weighted by atomic mass is 10.1. The highest BCUT2D eigenvalue weighted by molar-refractivity contribution is 7.92. The highest BCUT2D eigenvalue weighted by Crippen LogP contribution is 2.27. The highest BCUT2D eigenvalue weighted by Gasteiger charge is 2.18. The Morgan fingerprint density at radius 3 is 2.33 bits per heavy atom. The van der Waals surface area contributed by atoms with E-state index in [4.69, 9.17) is 0 Å². The summed E-state index contributed by atoms with van der Waals surface area (Å²) in [6.07, 6.45) is 3.31. The zero-order valence-corrected chi connectivity index (χ0v) is 15.9. The van der Waals surface area contributed by atoms with E-state index in [0.717, 1.165) is 31.6 Å². The lowest BCUT2D eigenvalue weighted by Gasteiger charge is -2.29. The molecule has 0 saturated carbocycles. The summed E-state index contributed by atoms with van der Waals surface area (Å²) in [5.41, 5.74) is 1.21. The molecule has 1 aliphatic rings. The lowest BCUT2D eigenvalue weighted by Crippen LogP contribution is -2.29. The summed E-state index contributed by atoms with van der Waals surface area (Å²) in [5, 5.41) is 2.57. The summed E-state index contributed by atoms with van der Waals surface area (Å²) in [7, 11) is -3.95. The van der Waals surface area contributed by atoms with Crippen molar-refractivity contribution in [3.63, 3.8) is 0 Å². The van der Waals surface area contributed by atoms with Gasteiger partial charge in [-0.15, -0.1) is 0 Å². The van der Waals surface area contributed by atoms with Crippen molar-refractivity contribution in [3.8, 4) is 0 Å². The van der Waals surface area contributed by atoms with Crippen molar-refractivity contribution in [2.24, 2.45) is 0 Å². The fourth-order valence-electron chi connectivity index (χ4n) is 3.06. The Morgan fingerprint density at radius 1 is 1.04 bits per heavy atom. The average Bonchev–Trinajstić information content (AvgIpc) is 2.64. The molecule has 1 fully saturated rings. The van der Waals surface area contributed by atoms with E-state index >= 15 is 0 Å². The summed E-state index contributed by atoms with van der Waals surface area (Å²) in [5.74, 6) is -0.880. The number of carbonyl (C=O) groups is 1. The zero-order valence-electron chi connectivity index (χ0n) is 15.0. The number of rotatable bonds is 5. The van der Waals surface area contributed by atoms with Crippen LogP contribution in [0, 0.1) is 5.82 Å². The summed E-state index contributed by atoms with van der Waals surface area (Å²) < 4.78 is 41.7. The Balaban J connectivity index is 1.81. The molecule has 8 heteroatoms. The third-order valence-electron chi connectivity index (χ3n) is 4.40. The Hall–Kier alpha value is -2.61. The predicted octanol–water partition coefficient (Wildman–Crippen LogP) is 3.58. The molecule has 2 aromatic rings. The summed E-state index contributed by atoms with van der Waals surface area (Å²) >= 11 is 0. The van der Waals surface area contributed by atoms with Crippen LogP contribution in [0.15, 0.2) is 47.4 Å². The second-order valence-electron chi connectivity index (χ2n) is 6.52. The van der Waals surface area contributed by atoms with Gasteiger partial charge in [0.1, 0.15) is 5.82 Å². The first-order chi connectivity index (χ1) is 12.8. The molecule has 0 radical (unpaired) electrons. The Kier molecular flexibility index (Phi) is 5.65. The lowest BCUT2D eigenvalue weighted by molar-refractivity contribution is -0.114. The maximum atomic E-state index is 14.2. The van der Waals surface area contributed by atoms with Crippen molar-refractivity contribution < 1.29 is 17.6 Å². The monoisotopic (exact) mass is 391 g/mol. The molecule has 1 aliphatic heterocycles. The second-order valence-corrected chi connectivity index (χ2v) is 8.21. The van der Waals surface area contributed by atoms with Gasteiger partial charge in [-0.2, -0.15) is 0 Å². The average molecular weight is 391 g/mol. The molecule has 144 valence electrons. The Morgan fingerprint density at radius 2 is 1.70 bits per heavy atom. The molecular weight excluding hydrogens is 369 g/mol. The van der Waals surface area contributed by atoms with E-state index in [1.54, 1.807) is 6.07 Å². The number of sulfonamides is 1. The molecule has 2 aromatic carbocycles. The minimum atomic E-state index is -3.95. The number of benzene rings is 2. The molecule has 2 N–H and O–H groups in total. The normalized spacial score (nSPS) is 14.7. The summed E-state index contributed by atoms with van der Waals surface area (Å²) in [6.45, 7) is 3.12. The van der Waals surface area contributed by atoms with E-state index in [-0.39, 0.29) is 16.5 Å². The van der Waals surface area contributed by atoms with Gasteiger partial charge in [0.15, 0.2) is 0 Å². The summed E-state index contributed by atoms with van der Waals surface area (Å²) in [6, 6.07) is 10.2. The number of hydrogen-bond acceptors (Lipinski definition) is 4. The number of carbonyl (C=O) groups excluding carboxylic acids is 1. The van der Waals surface area contributed by atoms with Crippen LogP contribution in [-0.4, -0.2) is 27.4 Å². The number of anilines is 3. The van der Waals surface area contributed by atoms with Crippen molar-refractivity contribution in [2.45, 2.75) is 31.1 Å². The molecule has 1 saturated heterocycles. The maximum Gasteiger partial charge on any atom is 0.261 e. The number of nitrogens with one attached hydrogen (secondary N) is 2. The molecular formula is C19H22FN3O3S. The van der Waals surface area contributed by atoms with Crippen LogP contribution in [-0.2, 0) is 14.8 Å². The molecule has 1 amide bonds. The van der Waals surface area contributed by atoms with Gasteiger partial charge in [-0.25, -0.2) is 12.8 Å². The van der Waals surface area contributed by atoms with Gasteiger partial charge in [-0.3, -0.25) is 9.52 Å². The Bertz CT molecular complexity index is 924. The zero-order chi connectivity index (χ0) is 19.4. The molecule has 0 bridgehead atoms. The molecule has 0 unspecified atom stereocenters. The number of nitrogens with zero attached hydrogens (tertiary/aromatic N) is 1. The van der Waals surface area contributed by atoms with Gasteiger partial charge >= 0.3 is 0 Å². The number of piperidine rings is 1. The molecule has 27 heavy (non-hydrogen) atoms. The van der Waals surface area contributed by atoms with Crippen molar-refractivity contribution in [1.29, 1.82) is 0 Å². The van der Waals surface area contributed by atoms with Crippen molar-refractivity contribution in [1.82, 2.24) is 0 Å². The van der Waals surface area contributed by atoms with Crippen molar-refractivity contribution in [2.75, 3.05) is 28.0 Å². The summed E-state index contributed by atoms with van der Waals surface area (Å²) in [4.78, 5) is 13.2. The van der Waals surface area contributed by atoms with Gasteiger partial charge in [-0.05, 0) is 61.7 Å². The molecule has 0 aliphatic carbocycles. The minimum absolute atomic E-state index is 0.0145. The smallest absolute Gasteiger partial charge is 0.261 e. The molecule has 6 nitrogen and oxygen atoms in total. The van der Waals surface area contributed by atoms with Crippen LogP contribution >= 0.6 is 0 Å². The van der Waals surface area contributed by atoms with E-state index in [2.05, 4.69) is 14.9 Å². The molecule has 0 atom stereocenters. The van der Waals surface area contributed by atoms with Gasteiger partial charge in [-0.1, -0.05) is 0 Å². The minimum Gasteiger partial charge on any atom is -0.371 e. The third-order valence-corrected chi connectivity index (χ3v) is 5.78. The number of halogens is 1. The van der Waals surface area contributed by atoms with Crippen LogP contribution in [0.5, 0.6) is 0 Å². The van der Waals surface area contributed by atoms with Crippen molar-refractivity contribution in [3.05, 3.63) is 48.3 Å². The van der Waals surface area contributed by atoms with Gasteiger partial charge < -0.3 is 10.2 Å². The number of hydrogen-bond donors (Lipinski definition) is 2. The standard InChI is InChI=1S/C19H22FN3O3S/c1-14(24)21-15-5-8-17(9-6-15)27(25,26)22-19-13-16(7-10-18(19)20)23-11-3-2-4-12-23/h5-10,13,22H,2-4,11-12H2,1H3,(H,21,24). The van der Waals surface area contributed by atoms with Gasteiger partial charge in [0.25, 0.3) is 10.0 Å². The quantitative estimate of drug-likeness (QED) is 0.817. The topological polar surface area (TPSA) is 78.5 Å². The first-order valence-corrected chi connectivity index (χ1v) is 10.3. The van der Waals surface area contributed by atoms with Crippen LogP contribution in [0.4, 0.5) is 21.5 Å². The van der Waals surface area contributed by atoms with Gasteiger partial charge in [0.2, 0.25) is 5.91 Å². The van der Waals surface area contributed by atoms with E-state index in [1.807, 2.05) is 0 Å². The van der Waals surface area contributed by atoms with E-state index in [9.17, 15) is 17.6 Å². The van der Waals surface area contributed by atoms with Crippen LogP contribution in [0.1, 0.15) is 26.2 Å². The molecule has 0 aromatic heterocycles. The van der Waals surface area contributed by atoms with E-state index < -0.39 is 15.8 Å². The second kappa shape index (κ2) is 7.96. The molecule has 3 rings (SSSR count). The van der Waals surface area contributed by atoms with E-state index in [1.165, 1.54) is 49.7 Å². The number of amides is 1. The fourth-order valence-corrected chi connectivity index (χ4v) is 4.12. The maximum absolute atomic E-state index is 14.2. The van der Waals surface area contributed by atoms with Gasteiger partial charge in [0, 0.05) is 31.4 Å². The molecule has 0 spiro atoms. The molecule has 1 heterocycles. The fraction of sp³-hybridized carbons (Fsp3) is 0.316. The van der Waals surface area contributed by atoms with Crippen LogP contribution in [0.2, 0.25) is 0 Å². The SMILES string of the molecule is CC(=O)Nc1ccc(S(=O)(=O)Nc2cc(N3CCCCC3)ccc2F)cc1. The highest BCUT2D eigenvalue weighted by atomic mass is 32.2. The van der Waals surface area contributed by atoms with Crippen LogP contribution < -0.4 is 14.9 Å². The van der Waals surface area contributed by atoms with Crippen LogP contribution in [0.3, 0.4) is 0 Å². The Labute approximate surface area is 158 Å². The predicted molar refractivity (Wildman–Crippen MR) is 104 cm³/mol. The van der Waals surface area contributed by atoms with Crippen molar-refractivity contribution >= 4 is 33.0 Å².